The molecule has 1 saturated heterocycles. The van der Waals surface area contributed by atoms with E-state index < -0.39 is 23.9 Å². The highest BCUT2D eigenvalue weighted by atomic mass is 16.5. The van der Waals surface area contributed by atoms with Crippen LogP contribution in [0.15, 0.2) is 107 Å². The zero-order valence-electron chi connectivity index (χ0n) is 50.2. The molecule has 4 aromatic rings. The summed E-state index contributed by atoms with van der Waals surface area (Å²) in [5.74, 6) is -0.777. The zero-order chi connectivity index (χ0) is 61.3. The molecule has 87 heavy (non-hydrogen) atoms. The van der Waals surface area contributed by atoms with Crippen molar-refractivity contribution < 1.29 is 52.5 Å². The molecule has 3 N–H and O–H groups in total. The van der Waals surface area contributed by atoms with Gasteiger partial charge >= 0.3 is 0 Å². The number of likely N-dealkylation sites (N-methyl/N-ethyl adjacent to an activating group) is 1. The summed E-state index contributed by atoms with van der Waals surface area (Å²) in [7, 11) is 5.24. The molecule has 4 atom stereocenters. The van der Waals surface area contributed by atoms with Crippen molar-refractivity contribution in [1.82, 2.24) is 30.2 Å². The first-order valence-electron chi connectivity index (χ1n) is 30.0. The van der Waals surface area contributed by atoms with Gasteiger partial charge in [-0.1, -0.05) is 44.5 Å². The Balaban J connectivity index is 0.669. The number of amides is 7. The lowest BCUT2D eigenvalue weighted by Gasteiger charge is -2.34. The van der Waals surface area contributed by atoms with Gasteiger partial charge in [0.25, 0.3) is 23.6 Å². The Kier molecular flexibility index (Phi) is 19.3. The SMILES string of the molecule is COc1cc2c(cc1OCCCCCOc1cc3c(cc1OC)C(=O)N1C=C(c4ccc(N5CCN(C)CC5)cc4)C[C@H]1C=N3)N=CC1CC(c3cccc(NC(=O)[C@H](C)NC(=O)[C@@H](NC(=O)CCCCCN4C(=O)C=CC4=O)C(C)C)c3)=CN1C2=O. The number of hydrogen-bond acceptors (Lipinski definition) is 15. The number of nitrogens with one attached hydrogen (secondary N) is 3. The van der Waals surface area contributed by atoms with Crippen molar-refractivity contribution in [3.8, 4) is 23.0 Å². The summed E-state index contributed by atoms with van der Waals surface area (Å²) in [6.07, 6.45) is 15.0. The summed E-state index contributed by atoms with van der Waals surface area (Å²) in [4.78, 5) is 110. The summed E-state index contributed by atoms with van der Waals surface area (Å²) in [6.45, 7) is 10.3. The topological polar surface area (TPSA) is 233 Å². The monoisotopic (exact) mass is 1180 g/mol. The van der Waals surface area contributed by atoms with Crippen LogP contribution in [0, 0.1) is 5.92 Å². The van der Waals surface area contributed by atoms with Crippen molar-refractivity contribution in [3.63, 3.8) is 0 Å². The number of benzene rings is 4. The molecular weight excluding hydrogens is 1110 g/mol. The molecule has 1 unspecified atom stereocenters. The number of imide groups is 1. The molecule has 0 radical (unpaired) electrons. The molecule has 0 aliphatic carbocycles. The number of rotatable bonds is 25. The van der Waals surface area contributed by atoms with E-state index in [1.807, 2.05) is 24.5 Å². The normalized spacial score (nSPS) is 18.5. The first-order chi connectivity index (χ1) is 42.0. The van der Waals surface area contributed by atoms with E-state index in [-0.39, 0.29) is 60.5 Å². The lowest BCUT2D eigenvalue weighted by Crippen LogP contribution is -2.53. The number of unbranched alkanes of at least 4 members (excludes halogenated alkanes) is 4. The number of carbonyl (C=O) groups excluding carboxylic acids is 7. The van der Waals surface area contributed by atoms with Gasteiger partial charge in [0.2, 0.25) is 17.7 Å². The number of methoxy groups -OCH3 is 2. The Morgan fingerprint density at radius 3 is 1.75 bits per heavy atom. The summed E-state index contributed by atoms with van der Waals surface area (Å²) < 4.78 is 23.9. The van der Waals surface area contributed by atoms with Gasteiger partial charge < -0.3 is 54.5 Å². The predicted octanol–water partition coefficient (Wildman–Crippen LogP) is 8.10. The first kappa shape index (κ1) is 61.0. The number of anilines is 2. The van der Waals surface area contributed by atoms with E-state index in [0.717, 1.165) is 61.3 Å². The molecule has 6 heterocycles. The smallest absolute Gasteiger partial charge is 0.260 e. The zero-order valence-corrected chi connectivity index (χ0v) is 50.2. The molecule has 1 fully saturated rings. The van der Waals surface area contributed by atoms with Crippen molar-refractivity contribution in [2.75, 3.05) is 77.4 Å². The second-order valence-corrected chi connectivity index (χ2v) is 23.0. The molecule has 10 rings (SSSR count). The van der Waals surface area contributed by atoms with Gasteiger partial charge in [-0.05, 0) is 111 Å². The van der Waals surface area contributed by atoms with Crippen LogP contribution in [0.3, 0.4) is 0 Å². The van der Waals surface area contributed by atoms with Crippen molar-refractivity contribution in [3.05, 3.63) is 120 Å². The number of nitrogens with zero attached hydrogens (tertiary/aromatic N) is 7. The van der Waals surface area contributed by atoms with Crippen molar-refractivity contribution >= 4 is 87.7 Å². The third-order valence-electron chi connectivity index (χ3n) is 16.5. The maximum absolute atomic E-state index is 14.2. The fraction of sp³-hybridized carbons (Fsp3) is 0.409. The lowest BCUT2D eigenvalue weighted by atomic mass is 10.0. The van der Waals surface area contributed by atoms with Crippen LogP contribution < -0.4 is 39.8 Å². The highest BCUT2D eigenvalue weighted by Crippen LogP contribution is 2.42. The average Bonchev–Trinajstić information content (AvgIpc) is 1.92. The number of hydrogen-bond donors (Lipinski definition) is 3. The van der Waals surface area contributed by atoms with Crippen molar-refractivity contribution in [2.24, 2.45) is 15.9 Å². The van der Waals surface area contributed by atoms with Crippen LogP contribution in [-0.2, 0) is 24.0 Å². The Hall–Kier alpha value is -9.11. The van der Waals surface area contributed by atoms with E-state index in [1.54, 1.807) is 86.5 Å². The van der Waals surface area contributed by atoms with Gasteiger partial charge in [0, 0.05) is 112 Å². The molecule has 21 heteroatoms. The third kappa shape index (κ3) is 14.3. The number of fused-ring (bicyclic) bond motifs is 4. The molecule has 6 aliphatic heterocycles. The van der Waals surface area contributed by atoms with Crippen LogP contribution in [0.1, 0.15) is 110 Å². The second kappa shape index (κ2) is 27.5. The van der Waals surface area contributed by atoms with E-state index in [2.05, 4.69) is 57.1 Å². The van der Waals surface area contributed by atoms with Crippen LogP contribution in [0.5, 0.6) is 23.0 Å². The molecule has 7 amide bonds. The summed E-state index contributed by atoms with van der Waals surface area (Å²) in [6, 6.07) is 20.4. The Morgan fingerprint density at radius 2 is 1.18 bits per heavy atom. The number of piperazine rings is 1. The summed E-state index contributed by atoms with van der Waals surface area (Å²) >= 11 is 0. The molecule has 6 aliphatic rings. The van der Waals surface area contributed by atoms with E-state index in [9.17, 15) is 33.6 Å². The van der Waals surface area contributed by atoms with Gasteiger partial charge in [-0.25, -0.2) is 0 Å². The quantitative estimate of drug-likeness (QED) is 0.0421. The minimum absolute atomic E-state index is 0.140. The Labute approximate surface area is 507 Å². The third-order valence-corrected chi connectivity index (χ3v) is 16.5. The number of carbonyl (C=O) groups is 7. The maximum atomic E-state index is 14.2. The highest BCUT2D eigenvalue weighted by molar-refractivity contribution is 6.13. The van der Waals surface area contributed by atoms with E-state index >= 15 is 0 Å². The maximum Gasteiger partial charge on any atom is 0.260 e. The van der Waals surface area contributed by atoms with Crippen LogP contribution in [0.4, 0.5) is 22.7 Å². The molecule has 456 valence electrons. The van der Waals surface area contributed by atoms with E-state index in [0.29, 0.717) is 103 Å². The average molecular weight is 1190 g/mol. The van der Waals surface area contributed by atoms with Crippen LogP contribution in [-0.4, -0.2) is 165 Å². The van der Waals surface area contributed by atoms with Crippen LogP contribution in [0.25, 0.3) is 11.1 Å². The predicted molar refractivity (Wildman–Crippen MR) is 332 cm³/mol. The van der Waals surface area contributed by atoms with Gasteiger partial charge in [0.05, 0.1) is 62.0 Å². The van der Waals surface area contributed by atoms with Gasteiger partial charge in [-0.15, -0.1) is 0 Å². The molecule has 21 nitrogen and oxygen atoms in total. The van der Waals surface area contributed by atoms with Gasteiger partial charge in [0.1, 0.15) is 12.1 Å². The van der Waals surface area contributed by atoms with Gasteiger partial charge in [-0.3, -0.25) is 48.4 Å². The fourth-order valence-corrected chi connectivity index (χ4v) is 11.4. The molecule has 4 aromatic carbocycles. The minimum Gasteiger partial charge on any atom is -0.493 e. The van der Waals surface area contributed by atoms with E-state index in [4.69, 9.17) is 28.9 Å². The number of aliphatic imine (C=N–C) groups is 2. The van der Waals surface area contributed by atoms with Crippen molar-refractivity contribution in [1.29, 1.82) is 0 Å². The molecule has 0 spiro atoms. The second-order valence-electron chi connectivity index (χ2n) is 23.0. The van der Waals surface area contributed by atoms with E-state index in [1.165, 1.54) is 29.8 Å². The van der Waals surface area contributed by atoms with Crippen LogP contribution in [0.2, 0.25) is 0 Å². The van der Waals surface area contributed by atoms with Gasteiger partial charge in [0.15, 0.2) is 23.0 Å². The van der Waals surface area contributed by atoms with Crippen molar-refractivity contribution in [2.45, 2.75) is 103 Å². The largest absolute Gasteiger partial charge is 0.493 e. The fourth-order valence-electron chi connectivity index (χ4n) is 11.4. The summed E-state index contributed by atoms with van der Waals surface area (Å²) in [5, 5.41) is 8.41. The Bertz CT molecular complexity index is 3440. The van der Waals surface area contributed by atoms with Crippen LogP contribution >= 0.6 is 0 Å². The minimum atomic E-state index is -0.944. The lowest BCUT2D eigenvalue weighted by molar-refractivity contribution is -0.137. The number of ether oxygens (including phenoxy) is 4. The standard InChI is InChI=1S/C66H76N10O11/c1-41(2)62(71-59(77)16-9-7-10-23-74-60(78)21-22-61(74)79)64(81)69-42(3)63(80)70-47-15-13-14-44(30-47)46-32-50-38-68-54-36-58(56(85-6)34-52(54)66(83)76(50)40-46)87-29-12-8-11-28-86-57-35-53-51(33-55(57)84-5)65(82)75-39-45(31-49(75)37-67-53)43-17-19-48(20-18-43)73-26-24-72(4)25-27-73/h13-15,17-22,30,33-42,49-50,62H,7-12,16,23-29,31-32H2,1-6H3,(H,69,81)(H,70,80)(H,71,77)/t42-,49-,50?,62-/m0/s1. The molecular formula is C66H76N10O11. The molecule has 0 aromatic heterocycles. The first-order valence-corrected chi connectivity index (χ1v) is 30.0. The molecule has 0 bridgehead atoms. The van der Waals surface area contributed by atoms with Gasteiger partial charge in [-0.2, -0.15) is 0 Å². The Morgan fingerprint density at radius 1 is 0.621 bits per heavy atom. The summed E-state index contributed by atoms with van der Waals surface area (Å²) in [5.41, 5.74) is 7.34. The highest BCUT2D eigenvalue weighted by Gasteiger charge is 2.36. The molecule has 0 saturated carbocycles.